The van der Waals surface area contributed by atoms with Gasteiger partial charge < -0.3 is 14.8 Å². The molecule has 1 aliphatic heterocycles. The molecule has 3 rings (SSSR count). The monoisotopic (exact) mass is 303 g/mol. The smallest absolute Gasteiger partial charge is 0.224 e. The molecule has 1 aliphatic carbocycles. The Kier molecular flexibility index (Phi) is 4.55. The summed E-state index contributed by atoms with van der Waals surface area (Å²) in [5.41, 5.74) is 1.89. The van der Waals surface area contributed by atoms with Gasteiger partial charge >= 0.3 is 0 Å². The van der Waals surface area contributed by atoms with Gasteiger partial charge in [0.25, 0.3) is 0 Å². The van der Waals surface area contributed by atoms with Gasteiger partial charge in [0, 0.05) is 24.5 Å². The molecule has 4 heteroatoms. The zero-order valence-electron chi connectivity index (χ0n) is 13.5. The van der Waals surface area contributed by atoms with Crippen LogP contribution < -0.4 is 14.8 Å². The highest BCUT2D eigenvalue weighted by Crippen LogP contribution is 2.38. The van der Waals surface area contributed by atoms with Crippen LogP contribution in [0.15, 0.2) is 12.1 Å². The topological polar surface area (TPSA) is 47.6 Å². The zero-order valence-corrected chi connectivity index (χ0v) is 13.5. The molecule has 0 saturated heterocycles. The largest absolute Gasteiger partial charge is 0.492 e. The summed E-state index contributed by atoms with van der Waals surface area (Å²) < 4.78 is 11.5. The van der Waals surface area contributed by atoms with Gasteiger partial charge in [-0.05, 0) is 38.7 Å². The normalized spacial score (nSPS) is 20.5. The number of carbonyl (C=O) groups is 1. The SMILES string of the molecule is CCOc1cc2c(cc1NC(=O)CC1CCCC1)O[C@H](C)C2. The zero-order chi connectivity index (χ0) is 15.5. The van der Waals surface area contributed by atoms with Gasteiger partial charge in [-0.2, -0.15) is 0 Å². The molecule has 1 atom stereocenters. The van der Waals surface area contributed by atoms with Gasteiger partial charge in [0.1, 0.15) is 17.6 Å². The molecule has 4 nitrogen and oxygen atoms in total. The van der Waals surface area contributed by atoms with E-state index in [9.17, 15) is 4.79 Å². The molecule has 0 aromatic heterocycles. The summed E-state index contributed by atoms with van der Waals surface area (Å²) >= 11 is 0. The molecule has 1 saturated carbocycles. The molecule has 120 valence electrons. The Morgan fingerprint density at radius 2 is 2.14 bits per heavy atom. The molecule has 1 fully saturated rings. The number of amides is 1. The molecule has 1 N–H and O–H groups in total. The van der Waals surface area contributed by atoms with Crippen molar-refractivity contribution in [2.24, 2.45) is 5.92 Å². The van der Waals surface area contributed by atoms with Crippen LogP contribution in [0.5, 0.6) is 11.5 Å². The predicted molar refractivity (Wildman–Crippen MR) is 86.6 cm³/mol. The highest BCUT2D eigenvalue weighted by atomic mass is 16.5. The Hall–Kier alpha value is -1.71. The van der Waals surface area contributed by atoms with Crippen LogP contribution in [0.1, 0.15) is 51.5 Å². The van der Waals surface area contributed by atoms with Crippen LogP contribution in [-0.2, 0) is 11.2 Å². The van der Waals surface area contributed by atoms with E-state index in [4.69, 9.17) is 9.47 Å². The number of rotatable bonds is 5. The molecule has 1 amide bonds. The third-order valence-electron chi connectivity index (χ3n) is 4.52. The minimum absolute atomic E-state index is 0.0823. The van der Waals surface area contributed by atoms with Crippen molar-refractivity contribution >= 4 is 11.6 Å². The highest BCUT2D eigenvalue weighted by Gasteiger charge is 2.23. The Morgan fingerprint density at radius 3 is 2.86 bits per heavy atom. The van der Waals surface area contributed by atoms with Gasteiger partial charge in [0.05, 0.1) is 12.3 Å². The first kappa shape index (κ1) is 15.2. The molecule has 1 aromatic carbocycles. The van der Waals surface area contributed by atoms with E-state index in [1.165, 1.54) is 25.7 Å². The third-order valence-corrected chi connectivity index (χ3v) is 4.52. The first-order valence-corrected chi connectivity index (χ1v) is 8.42. The van der Waals surface area contributed by atoms with Crippen LogP contribution in [0.4, 0.5) is 5.69 Å². The van der Waals surface area contributed by atoms with Crippen LogP contribution in [0.25, 0.3) is 0 Å². The lowest BCUT2D eigenvalue weighted by molar-refractivity contribution is -0.117. The number of fused-ring (bicyclic) bond motifs is 1. The second kappa shape index (κ2) is 6.59. The van der Waals surface area contributed by atoms with Crippen LogP contribution in [-0.4, -0.2) is 18.6 Å². The summed E-state index contributed by atoms with van der Waals surface area (Å²) in [4.78, 5) is 12.3. The predicted octanol–water partition coefficient (Wildman–Crippen LogP) is 3.93. The number of ether oxygens (including phenoxy) is 2. The summed E-state index contributed by atoms with van der Waals surface area (Å²) in [6.07, 6.45) is 6.56. The van der Waals surface area contributed by atoms with Crippen molar-refractivity contribution in [1.82, 2.24) is 0 Å². The van der Waals surface area contributed by atoms with Gasteiger partial charge in [-0.25, -0.2) is 0 Å². The highest BCUT2D eigenvalue weighted by molar-refractivity contribution is 5.93. The van der Waals surface area contributed by atoms with E-state index in [0.717, 1.165) is 29.2 Å². The second-order valence-electron chi connectivity index (χ2n) is 6.42. The van der Waals surface area contributed by atoms with E-state index in [1.54, 1.807) is 0 Å². The minimum Gasteiger partial charge on any atom is -0.492 e. The van der Waals surface area contributed by atoms with Crippen LogP contribution in [0.3, 0.4) is 0 Å². The summed E-state index contributed by atoms with van der Waals surface area (Å²) in [6, 6.07) is 3.92. The number of anilines is 1. The number of hydrogen-bond acceptors (Lipinski definition) is 3. The van der Waals surface area contributed by atoms with Crippen molar-refractivity contribution in [2.75, 3.05) is 11.9 Å². The average Bonchev–Trinajstić information content (AvgIpc) is 3.07. The van der Waals surface area contributed by atoms with E-state index in [2.05, 4.69) is 12.2 Å². The molecular weight excluding hydrogens is 278 g/mol. The summed E-state index contributed by atoms with van der Waals surface area (Å²) in [5, 5.41) is 3.02. The Balaban J connectivity index is 1.73. The maximum Gasteiger partial charge on any atom is 0.224 e. The maximum absolute atomic E-state index is 12.3. The van der Waals surface area contributed by atoms with E-state index < -0.39 is 0 Å². The van der Waals surface area contributed by atoms with Crippen molar-refractivity contribution in [3.63, 3.8) is 0 Å². The second-order valence-corrected chi connectivity index (χ2v) is 6.42. The summed E-state index contributed by atoms with van der Waals surface area (Å²) in [5.74, 6) is 2.24. The lowest BCUT2D eigenvalue weighted by atomic mass is 10.0. The third kappa shape index (κ3) is 3.37. The van der Waals surface area contributed by atoms with Gasteiger partial charge in [0.2, 0.25) is 5.91 Å². The fourth-order valence-electron chi connectivity index (χ4n) is 3.49. The molecule has 1 heterocycles. The van der Waals surface area contributed by atoms with E-state index in [-0.39, 0.29) is 12.0 Å². The molecule has 22 heavy (non-hydrogen) atoms. The molecule has 1 aromatic rings. The van der Waals surface area contributed by atoms with Crippen LogP contribution in [0, 0.1) is 5.92 Å². The lowest BCUT2D eigenvalue weighted by Crippen LogP contribution is -2.16. The number of carbonyl (C=O) groups excluding carboxylic acids is 1. The Labute approximate surface area is 132 Å². The van der Waals surface area contributed by atoms with Crippen LogP contribution in [0.2, 0.25) is 0 Å². The Morgan fingerprint density at radius 1 is 1.36 bits per heavy atom. The number of hydrogen-bond donors (Lipinski definition) is 1. The van der Waals surface area contributed by atoms with Gasteiger partial charge in [-0.15, -0.1) is 0 Å². The molecule has 0 spiro atoms. The van der Waals surface area contributed by atoms with Gasteiger partial charge in [-0.1, -0.05) is 12.8 Å². The van der Waals surface area contributed by atoms with Crippen molar-refractivity contribution in [1.29, 1.82) is 0 Å². The number of benzene rings is 1. The van der Waals surface area contributed by atoms with Crippen LogP contribution >= 0.6 is 0 Å². The van der Waals surface area contributed by atoms with Gasteiger partial charge in [-0.3, -0.25) is 4.79 Å². The standard InChI is InChI=1S/C18H25NO3/c1-3-21-17-10-14-8-12(2)22-16(14)11-15(17)19-18(20)9-13-6-4-5-7-13/h10-13H,3-9H2,1-2H3,(H,19,20)/t12-/m1/s1. The van der Waals surface area contributed by atoms with E-state index in [1.807, 2.05) is 19.1 Å². The molecule has 0 unspecified atom stereocenters. The molecule has 0 bridgehead atoms. The van der Waals surface area contributed by atoms with Gasteiger partial charge in [0.15, 0.2) is 0 Å². The summed E-state index contributed by atoms with van der Waals surface area (Å²) in [7, 11) is 0. The molecule has 0 radical (unpaired) electrons. The van der Waals surface area contributed by atoms with E-state index >= 15 is 0 Å². The molecule has 2 aliphatic rings. The van der Waals surface area contributed by atoms with Crippen molar-refractivity contribution < 1.29 is 14.3 Å². The quantitative estimate of drug-likeness (QED) is 0.896. The van der Waals surface area contributed by atoms with Crippen molar-refractivity contribution in [2.45, 2.75) is 58.5 Å². The van der Waals surface area contributed by atoms with E-state index in [0.29, 0.717) is 18.9 Å². The minimum atomic E-state index is 0.0823. The first-order valence-electron chi connectivity index (χ1n) is 8.42. The van der Waals surface area contributed by atoms with Crippen molar-refractivity contribution in [3.8, 4) is 11.5 Å². The summed E-state index contributed by atoms with van der Waals surface area (Å²) in [6.45, 7) is 4.59. The van der Waals surface area contributed by atoms with Crippen molar-refractivity contribution in [3.05, 3.63) is 17.7 Å². The average molecular weight is 303 g/mol. The fraction of sp³-hybridized carbons (Fsp3) is 0.611. The fourth-order valence-corrected chi connectivity index (χ4v) is 3.49. The Bertz CT molecular complexity index is 550. The first-order chi connectivity index (χ1) is 10.7. The number of nitrogens with one attached hydrogen (secondary N) is 1. The molecular formula is C18H25NO3. The lowest BCUT2D eigenvalue weighted by Gasteiger charge is -2.15. The maximum atomic E-state index is 12.3.